The van der Waals surface area contributed by atoms with Gasteiger partial charge >= 0.3 is 5.97 Å². The summed E-state index contributed by atoms with van der Waals surface area (Å²) in [5, 5.41) is 0. The van der Waals surface area contributed by atoms with Crippen LogP contribution >= 0.6 is 0 Å². The van der Waals surface area contributed by atoms with Crippen molar-refractivity contribution in [2.75, 3.05) is 38.2 Å². The summed E-state index contributed by atoms with van der Waals surface area (Å²) in [4.78, 5) is 21.1. The van der Waals surface area contributed by atoms with E-state index in [1.165, 1.54) is 7.11 Å². The lowest BCUT2D eigenvalue weighted by atomic mass is 10.0. The first-order valence-corrected chi connectivity index (χ1v) is 8.76. The fraction of sp³-hybridized carbons (Fsp3) is 0.667. The minimum absolute atomic E-state index is 0.300. The van der Waals surface area contributed by atoms with Gasteiger partial charge in [-0.3, -0.25) is 4.90 Å². The number of ether oxygens (including phenoxy) is 2. The summed E-state index contributed by atoms with van der Waals surface area (Å²) in [6, 6.07) is 4.14. The van der Waals surface area contributed by atoms with E-state index in [2.05, 4.69) is 28.6 Å². The molecule has 3 heterocycles. The molecule has 0 aliphatic carbocycles. The molecule has 2 aliphatic heterocycles. The number of pyridine rings is 1. The number of methoxy groups -OCH3 is 1. The van der Waals surface area contributed by atoms with E-state index in [4.69, 9.17) is 9.47 Å². The Bertz CT molecular complexity index is 562. The number of hydrogen-bond acceptors (Lipinski definition) is 6. The van der Waals surface area contributed by atoms with Crippen LogP contribution in [0.5, 0.6) is 0 Å². The molecule has 1 aromatic rings. The monoisotopic (exact) mass is 333 g/mol. The molecule has 0 aromatic carbocycles. The number of morpholine rings is 1. The molecule has 2 aliphatic rings. The van der Waals surface area contributed by atoms with Crippen molar-refractivity contribution in [3.63, 3.8) is 0 Å². The van der Waals surface area contributed by atoms with Gasteiger partial charge in [0, 0.05) is 38.4 Å². The molecule has 0 saturated carbocycles. The zero-order valence-corrected chi connectivity index (χ0v) is 14.8. The molecule has 24 heavy (non-hydrogen) atoms. The maximum absolute atomic E-state index is 11.9. The minimum Gasteiger partial charge on any atom is -0.465 e. The van der Waals surface area contributed by atoms with Crippen LogP contribution in [-0.2, 0) is 9.47 Å². The molecule has 0 amide bonds. The van der Waals surface area contributed by atoms with E-state index < -0.39 is 0 Å². The Balaban J connectivity index is 1.64. The van der Waals surface area contributed by atoms with E-state index in [9.17, 15) is 4.79 Å². The molecule has 1 aromatic heterocycles. The number of anilines is 1. The van der Waals surface area contributed by atoms with Crippen molar-refractivity contribution < 1.29 is 14.3 Å². The second-order valence-electron chi connectivity index (χ2n) is 6.80. The van der Waals surface area contributed by atoms with Gasteiger partial charge in [-0.25, -0.2) is 9.78 Å². The maximum Gasteiger partial charge on any atom is 0.341 e. The highest BCUT2D eigenvalue weighted by atomic mass is 16.5. The third-order valence-electron chi connectivity index (χ3n) is 4.92. The molecule has 132 valence electrons. The van der Waals surface area contributed by atoms with Crippen LogP contribution in [0.25, 0.3) is 0 Å². The van der Waals surface area contributed by atoms with E-state index in [1.54, 1.807) is 18.3 Å². The van der Waals surface area contributed by atoms with E-state index in [0.29, 0.717) is 23.8 Å². The number of aromatic nitrogens is 1. The third kappa shape index (κ3) is 3.70. The molecule has 0 N–H and O–H groups in total. The summed E-state index contributed by atoms with van der Waals surface area (Å²) in [6.45, 7) is 8.12. The summed E-state index contributed by atoms with van der Waals surface area (Å²) in [5.74, 6) is 0.419. The lowest BCUT2D eigenvalue weighted by molar-refractivity contribution is -0.0826. The molecule has 0 bridgehead atoms. The lowest BCUT2D eigenvalue weighted by Crippen LogP contribution is -2.53. The van der Waals surface area contributed by atoms with Crippen LogP contribution in [0.3, 0.4) is 0 Å². The van der Waals surface area contributed by atoms with E-state index in [-0.39, 0.29) is 5.97 Å². The molecule has 3 rings (SSSR count). The summed E-state index contributed by atoms with van der Waals surface area (Å²) in [7, 11) is 1.41. The van der Waals surface area contributed by atoms with Gasteiger partial charge in [-0.1, -0.05) is 0 Å². The average molecular weight is 333 g/mol. The maximum atomic E-state index is 11.9. The zero-order chi connectivity index (χ0) is 17.1. The minimum atomic E-state index is -0.323. The third-order valence-corrected chi connectivity index (χ3v) is 4.92. The predicted octanol–water partition coefficient (Wildman–Crippen LogP) is 1.95. The topological polar surface area (TPSA) is 54.9 Å². The van der Waals surface area contributed by atoms with Crippen LogP contribution in [-0.4, -0.2) is 67.4 Å². The molecule has 2 fully saturated rings. The van der Waals surface area contributed by atoms with Gasteiger partial charge in [0.25, 0.3) is 0 Å². The molecule has 0 radical (unpaired) electrons. The zero-order valence-electron chi connectivity index (χ0n) is 14.8. The van der Waals surface area contributed by atoms with Gasteiger partial charge < -0.3 is 14.4 Å². The van der Waals surface area contributed by atoms with Crippen LogP contribution in [0.15, 0.2) is 18.3 Å². The molecular weight excluding hydrogens is 306 g/mol. The van der Waals surface area contributed by atoms with Gasteiger partial charge in [0.2, 0.25) is 0 Å². The number of carbonyl (C=O) groups excluding carboxylic acids is 1. The van der Waals surface area contributed by atoms with Gasteiger partial charge in [-0.05, 0) is 38.8 Å². The first-order valence-electron chi connectivity index (χ1n) is 8.76. The summed E-state index contributed by atoms with van der Waals surface area (Å²) >= 11 is 0. The van der Waals surface area contributed by atoms with Gasteiger partial charge in [0.05, 0.1) is 19.3 Å². The average Bonchev–Trinajstić information content (AvgIpc) is 2.60. The standard InChI is InChI=1S/C18H27N3O3/c1-13-11-21(12-14(2)24-13)15-6-9-20(10-7-15)17-16(18(22)23-3)5-4-8-19-17/h4-5,8,13-15H,6-7,9-12H2,1-3H3/t13-,14+. The Morgan fingerprint density at radius 2 is 1.92 bits per heavy atom. The van der Waals surface area contributed by atoms with Gasteiger partial charge in [0.1, 0.15) is 11.4 Å². The predicted molar refractivity (Wildman–Crippen MR) is 92.4 cm³/mol. The second-order valence-corrected chi connectivity index (χ2v) is 6.80. The highest BCUT2D eigenvalue weighted by Crippen LogP contribution is 2.26. The lowest BCUT2D eigenvalue weighted by Gasteiger charge is -2.43. The Kier molecular flexibility index (Phi) is 5.36. The normalized spacial score (nSPS) is 26.4. The molecule has 0 spiro atoms. The van der Waals surface area contributed by atoms with Crippen LogP contribution in [0.1, 0.15) is 37.0 Å². The molecule has 0 unspecified atom stereocenters. The molecule has 6 heteroatoms. The van der Waals surface area contributed by atoms with Crippen LogP contribution in [0.2, 0.25) is 0 Å². The van der Waals surface area contributed by atoms with Crippen molar-refractivity contribution in [1.29, 1.82) is 0 Å². The van der Waals surface area contributed by atoms with Gasteiger partial charge in [-0.2, -0.15) is 0 Å². The number of esters is 1. The Labute approximate surface area is 143 Å². The smallest absolute Gasteiger partial charge is 0.341 e. The first kappa shape index (κ1) is 17.2. The van der Waals surface area contributed by atoms with E-state index >= 15 is 0 Å². The van der Waals surface area contributed by atoms with Crippen molar-refractivity contribution in [1.82, 2.24) is 9.88 Å². The number of nitrogens with zero attached hydrogens (tertiary/aromatic N) is 3. The summed E-state index contributed by atoms with van der Waals surface area (Å²) < 4.78 is 10.7. The summed E-state index contributed by atoms with van der Waals surface area (Å²) in [6.07, 6.45) is 4.49. The molecule has 2 saturated heterocycles. The van der Waals surface area contributed by atoms with Crippen molar-refractivity contribution >= 4 is 11.8 Å². The summed E-state index contributed by atoms with van der Waals surface area (Å²) in [5.41, 5.74) is 0.548. The molecule has 2 atom stereocenters. The SMILES string of the molecule is COC(=O)c1cccnc1N1CCC(N2C[C@@H](C)O[C@@H](C)C2)CC1. The van der Waals surface area contributed by atoms with Crippen LogP contribution < -0.4 is 4.90 Å². The Morgan fingerprint density at radius 3 is 2.54 bits per heavy atom. The largest absolute Gasteiger partial charge is 0.465 e. The number of carbonyl (C=O) groups is 1. The van der Waals surface area contributed by atoms with Gasteiger partial charge in [0.15, 0.2) is 0 Å². The van der Waals surface area contributed by atoms with Gasteiger partial charge in [-0.15, -0.1) is 0 Å². The van der Waals surface area contributed by atoms with E-state index in [1.807, 2.05) is 0 Å². The van der Waals surface area contributed by atoms with Crippen molar-refractivity contribution in [2.24, 2.45) is 0 Å². The quantitative estimate of drug-likeness (QED) is 0.788. The van der Waals surface area contributed by atoms with Crippen molar-refractivity contribution in [3.8, 4) is 0 Å². The van der Waals surface area contributed by atoms with E-state index in [0.717, 1.165) is 44.8 Å². The molecular formula is C18H27N3O3. The second kappa shape index (κ2) is 7.49. The Hall–Kier alpha value is -1.66. The van der Waals surface area contributed by atoms with Crippen LogP contribution in [0, 0.1) is 0 Å². The fourth-order valence-electron chi connectivity index (χ4n) is 3.88. The van der Waals surface area contributed by atoms with Crippen molar-refractivity contribution in [2.45, 2.75) is 44.9 Å². The Morgan fingerprint density at radius 1 is 1.25 bits per heavy atom. The van der Waals surface area contributed by atoms with Crippen LogP contribution in [0.4, 0.5) is 5.82 Å². The highest BCUT2D eigenvalue weighted by Gasteiger charge is 2.31. The number of piperidine rings is 1. The number of hydrogen-bond donors (Lipinski definition) is 0. The first-order chi connectivity index (χ1) is 11.6. The fourth-order valence-corrected chi connectivity index (χ4v) is 3.88. The highest BCUT2D eigenvalue weighted by molar-refractivity contribution is 5.94. The van der Waals surface area contributed by atoms with Crippen molar-refractivity contribution in [3.05, 3.63) is 23.9 Å². The molecule has 6 nitrogen and oxygen atoms in total. The number of rotatable bonds is 3.